The molecule has 2 N–H and O–H groups in total. The molecule has 0 atom stereocenters. The van der Waals surface area contributed by atoms with E-state index in [0.29, 0.717) is 25.0 Å². The first-order valence-corrected chi connectivity index (χ1v) is 9.75. The van der Waals surface area contributed by atoms with Gasteiger partial charge in [-0.3, -0.25) is 0 Å². The standard InChI is InChI=1S/C21H28N6O2/c1-5-22-21(24-14-19-12-20(15(2)3)26-29-19)23-13-16-10-11-27(25-16)17-6-8-18(28-4)9-7-17/h6-12,15H,5,13-14H2,1-4H3,(H2,22,23,24). The largest absolute Gasteiger partial charge is 0.497 e. The van der Waals surface area contributed by atoms with E-state index in [-0.39, 0.29) is 0 Å². The van der Waals surface area contributed by atoms with Gasteiger partial charge < -0.3 is 19.9 Å². The van der Waals surface area contributed by atoms with Crippen LogP contribution in [-0.4, -0.2) is 34.6 Å². The van der Waals surface area contributed by atoms with Crippen molar-refractivity contribution in [2.75, 3.05) is 13.7 Å². The molecule has 0 saturated carbocycles. The van der Waals surface area contributed by atoms with Crippen molar-refractivity contribution < 1.29 is 9.26 Å². The van der Waals surface area contributed by atoms with Gasteiger partial charge in [0.25, 0.3) is 0 Å². The third-order valence-electron chi connectivity index (χ3n) is 4.32. The van der Waals surface area contributed by atoms with E-state index in [1.54, 1.807) is 7.11 Å². The second-order valence-corrected chi connectivity index (χ2v) is 6.87. The van der Waals surface area contributed by atoms with E-state index in [9.17, 15) is 0 Å². The molecule has 0 unspecified atom stereocenters. The van der Waals surface area contributed by atoms with E-state index in [2.05, 4.69) is 39.7 Å². The minimum absolute atomic E-state index is 0.343. The number of methoxy groups -OCH3 is 1. The van der Waals surface area contributed by atoms with Crippen LogP contribution in [0.25, 0.3) is 5.69 Å². The van der Waals surface area contributed by atoms with Crippen molar-refractivity contribution in [3.05, 3.63) is 59.7 Å². The maximum absolute atomic E-state index is 5.37. The number of nitrogens with zero attached hydrogens (tertiary/aromatic N) is 4. The lowest BCUT2D eigenvalue weighted by molar-refractivity contribution is 0.372. The fraction of sp³-hybridized carbons (Fsp3) is 0.381. The van der Waals surface area contributed by atoms with Crippen LogP contribution in [0.1, 0.15) is 43.8 Å². The zero-order valence-corrected chi connectivity index (χ0v) is 17.3. The zero-order valence-electron chi connectivity index (χ0n) is 17.3. The van der Waals surface area contributed by atoms with E-state index in [4.69, 9.17) is 9.26 Å². The summed E-state index contributed by atoms with van der Waals surface area (Å²) in [6.07, 6.45) is 1.93. The lowest BCUT2D eigenvalue weighted by atomic mass is 10.1. The molecule has 0 aliphatic carbocycles. The Bertz CT molecular complexity index is 927. The van der Waals surface area contributed by atoms with Gasteiger partial charge in [0.15, 0.2) is 11.7 Å². The summed E-state index contributed by atoms with van der Waals surface area (Å²) in [5, 5.41) is 15.2. The number of aliphatic imine (C=N–C) groups is 1. The molecule has 8 heteroatoms. The van der Waals surface area contributed by atoms with E-state index in [1.165, 1.54) is 0 Å². The van der Waals surface area contributed by atoms with Gasteiger partial charge in [-0.15, -0.1) is 0 Å². The first kappa shape index (κ1) is 20.4. The highest BCUT2D eigenvalue weighted by molar-refractivity contribution is 5.79. The molecule has 0 aliphatic heterocycles. The van der Waals surface area contributed by atoms with Crippen LogP contribution < -0.4 is 15.4 Å². The zero-order chi connectivity index (χ0) is 20.6. The van der Waals surface area contributed by atoms with Gasteiger partial charge in [-0.05, 0) is 43.2 Å². The Morgan fingerprint density at radius 3 is 2.66 bits per heavy atom. The molecule has 154 valence electrons. The Hall–Kier alpha value is -3.29. The number of ether oxygens (including phenoxy) is 1. The van der Waals surface area contributed by atoms with E-state index in [0.717, 1.165) is 35.1 Å². The van der Waals surface area contributed by atoms with Crippen molar-refractivity contribution in [3.63, 3.8) is 0 Å². The number of aromatic nitrogens is 3. The average molecular weight is 396 g/mol. The summed E-state index contributed by atoms with van der Waals surface area (Å²) in [4.78, 5) is 4.61. The monoisotopic (exact) mass is 396 g/mol. The van der Waals surface area contributed by atoms with Gasteiger partial charge in [0.1, 0.15) is 5.75 Å². The molecule has 8 nitrogen and oxygen atoms in total. The quantitative estimate of drug-likeness (QED) is 0.449. The highest BCUT2D eigenvalue weighted by atomic mass is 16.5. The van der Waals surface area contributed by atoms with Crippen LogP contribution in [0.4, 0.5) is 0 Å². The molecule has 0 saturated heterocycles. The fourth-order valence-corrected chi connectivity index (χ4v) is 2.68. The van der Waals surface area contributed by atoms with Crippen LogP contribution in [0.5, 0.6) is 5.75 Å². The van der Waals surface area contributed by atoms with Crippen LogP contribution in [0.2, 0.25) is 0 Å². The van der Waals surface area contributed by atoms with Gasteiger partial charge in [-0.1, -0.05) is 19.0 Å². The van der Waals surface area contributed by atoms with E-state index < -0.39 is 0 Å². The number of hydrogen-bond donors (Lipinski definition) is 2. The number of rotatable bonds is 8. The Morgan fingerprint density at radius 1 is 1.21 bits per heavy atom. The van der Waals surface area contributed by atoms with Crippen LogP contribution in [0.3, 0.4) is 0 Å². The Balaban J connectivity index is 1.61. The molecule has 0 radical (unpaired) electrons. The summed E-state index contributed by atoms with van der Waals surface area (Å²) < 4.78 is 12.4. The molecule has 0 bridgehead atoms. The van der Waals surface area contributed by atoms with Crippen molar-refractivity contribution in [2.45, 2.75) is 39.8 Å². The van der Waals surface area contributed by atoms with Crippen molar-refractivity contribution >= 4 is 5.96 Å². The van der Waals surface area contributed by atoms with Crippen LogP contribution in [-0.2, 0) is 13.1 Å². The Kier molecular flexibility index (Phi) is 6.89. The third kappa shape index (κ3) is 5.60. The molecule has 0 spiro atoms. The van der Waals surface area contributed by atoms with Crippen LogP contribution >= 0.6 is 0 Å². The predicted octanol–water partition coefficient (Wildman–Crippen LogP) is 3.25. The number of guanidine groups is 1. The number of hydrogen-bond acceptors (Lipinski definition) is 5. The maximum Gasteiger partial charge on any atom is 0.192 e. The lowest BCUT2D eigenvalue weighted by Gasteiger charge is -2.09. The summed E-state index contributed by atoms with van der Waals surface area (Å²) in [5.41, 5.74) is 2.80. The minimum atomic E-state index is 0.343. The first-order chi connectivity index (χ1) is 14.1. The SMILES string of the molecule is CCNC(=NCc1ccn(-c2ccc(OC)cc2)n1)NCc1cc(C(C)C)no1. The number of benzene rings is 1. The minimum Gasteiger partial charge on any atom is -0.497 e. The fourth-order valence-electron chi connectivity index (χ4n) is 2.68. The first-order valence-electron chi connectivity index (χ1n) is 9.75. The molecule has 3 aromatic rings. The smallest absolute Gasteiger partial charge is 0.192 e. The molecule has 3 rings (SSSR count). The van der Waals surface area contributed by atoms with Crippen LogP contribution in [0.15, 0.2) is 52.1 Å². The normalized spacial score (nSPS) is 11.7. The second kappa shape index (κ2) is 9.77. The van der Waals surface area contributed by atoms with Gasteiger partial charge in [0.05, 0.1) is 37.3 Å². The third-order valence-corrected chi connectivity index (χ3v) is 4.32. The van der Waals surface area contributed by atoms with Gasteiger partial charge in [0, 0.05) is 18.8 Å². The molecule has 29 heavy (non-hydrogen) atoms. The van der Waals surface area contributed by atoms with Crippen molar-refractivity contribution in [1.29, 1.82) is 0 Å². The Morgan fingerprint density at radius 2 is 2.00 bits per heavy atom. The molecule has 2 heterocycles. The lowest BCUT2D eigenvalue weighted by Crippen LogP contribution is -2.36. The predicted molar refractivity (Wildman–Crippen MR) is 112 cm³/mol. The Labute approximate surface area is 171 Å². The van der Waals surface area contributed by atoms with E-state index in [1.807, 2.05) is 54.2 Å². The molecule has 1 aromatic carbocycles. The van der Waals surface area contributed by atoms with Crippen molar-refractivity contribution in [2.24, 2.45) is 4.99 Å². The summed E-state index contributed by atoms with van der Waals surface area (Å²) in [7, 11) is 1.65. The summed E-state index contributed by atoms with van der Waals surface area (Å²) in [6.45, 7) is 7.95. The molecule has 2 aromatic heterocycles. The molecule has 0 fully saturated rings. The highest BCUT2D eigenvalue weighted by Crippen LogP contribution is 2.15. The molecular formula is C21H28N6O2. The van der Waals surface area contributed by atoms with Gasteiger partial charge in [-0.2, -0.15) is 5.10 Å². The molecule has 0 aliphatic rings. The number of nitrogens with one attached hydrogen (secondary N) is 2. The summed E-state index contributed by atoms with van der Waals surface area (Å²) >= 11 is 0. The summed E-state index contributed by atoms with van der Waals surface area (Å²) in [5.74, 6) is 2.65. The van der Waals surface area contributed by atoms with Crippen molar-refractivity contribution in [3.8, 4) is 11.4 Å². The van der Waals surface area contributed by atoms with E-state index >= 15 is 0 Å². The topological polar surface area (TPSA) is 89.5 Å². The van der Waals surface area contributed by atoms with Gasteiger partial charge in [0.2, 0.25) is 0 Å². The molecular weight excluding hydrogens is 368 g/mol. The average Bonchev–Trinajstić information content (AvgIpc) is 3.40. The van der Waals surface area contributed by atoms with Crippen LogP contribution in [0, 0.1) is 0 Å². The highest BCUT2D eigenvalue weighted by Gasteiger charge is 2.08. The van der Waals surface area contributed by atoms with Gasteiger partial charge >= 0.3 is 0 Å². The second-order valence-electron chi connectivity index (χ2n) is 6.87. The van der Waals surface area contributed by atoms with Crippen molar-refractivity contribution in [1.82, 2.24) is 25.6 Å². The maximum atomic E-state index is 5.37. The summed E-state index contributed by atoms with van der Waals surface area (Å²) in [6, 6.07) is 11.7. The molecule has 0 amide bonds. The van der Waals surface area contributed by atoms with Gasteiger partial charge in [-0.25, -0.2) is 9.67 Å².